The second-order valence-corrected chi connectivity index (χ2v) is 9.73. The van der Waals surface area contributed by atoms with Gasteiger partial charge in [-0.2, -0.15) is 10.5 Å². The number of fused-ring (bicyclic) bond motifs is 4. The van der Waals surface area contributed by atoms with Crippen LogP contribution in [0.1, 0.15) is 31.8 Å². The Morgan fingerprint density at radius 2 is 1.24 bits per heavy atom. The summed E-state index contributed by atoms with van der Waals surface area (Å²) in [4.78, 5) is 35.6. The Hall–Kier alpha value is -6.12. The third-order valence-electron chi connectivity index (χ3n) is 7.61. The minimum atomic E-state index is -0.355. The fourth-order valence-corrected chi connectivity index (χ4v) is 5.63. The van der Waals surface area contributed by atoms with Gasteiger partial charge in [0, 0.05) is 53.7 Å². The van der Waals surface area contributed by atoms with Crippen molar-refractivity contribution in [1.29, 1.82) is 10.5 Å². The number of pyridine rings is 2. The summed E-state index contributed by atoms with van der Waals surface area (Å²) in [5.74, 6) is -0.690. The van der Waals surface area contributed by atoms with Gasteiger partial charge in [0.2, 0.25) is 0 Å². The molecule has 0 fully saturated rings. The number of benzene rings is 3. The van der Waals surface area contributed by atoms with Crippen molar-refractivity contribution in [1.82, 2.24) is 19.4 Å². The van der Waals surface area contributed by atoms with Crippen LogP contribution in [-0.2, 0) is 0 Å². The molecule has 4 heterocycles. The highest BCUT2D eigenvalue weighted by molar-refractivity contribution is 6.23. The van der Waals surface area contributed by atoms with Crippen molar-refractivity contribution in [2.75, 3.05) is 7.05 Å². The monoisotopic (exact) mass is 530 g/mol. The molecular formula is C33H18N6O2. The van der Waals surface area contributed by atoms with Crippen LogP contribution in [-0.4, -0.2) is 38.3 Å². The van der Waals surface area contributed by atoms with Gasteiger partial charge >= 0.3 is 0 Å². The van der Waals surface area contributed by atoms with Gasteiger partial charge in [-0.1, -0.05) is 18.2 Å². The molecule has 7 rings (SSSR count). The first-order valence-corrected chi connectivity index (χ1v) is 12.7. The maximum atomic E-state index is 13.2. The Bertz CT molecular complexity index is 2080. The fraction of sp³-hybridized carbons (Fsp3) is 0.0303. The lowest BCUT2D eigenvalue weighted by atomic mass is 9.98. The number of aromatic nitrogens is 3. The van der Waals surface area contributed by atoms with E-state index < -0.39 is 0 Å². The van der Waals surface area contributed by atoms with E-state index in [1.807, 2.05) is 47.0 Å². The Balaban J connectivity index is 1.58. The number of hydrogen-bond acceptors (Lipinski definition) is 6. The zero-order valence-corrected chi connectivity index (χ0v) is 21.7. The summed E-state index contributed by atoms with van der Waals surface area (Å²) in [6.07, 6.45) is 6.52. The average molecular weight is 531 g/mol. The SMILES string of the molecule is CN1C(=O)c2cccc(-n3c4ccc(-c5cnccc5C#N)cc4c4cc(-c5cnccc5C#N)ccc43)c2C1=O. The molecule has 0 bridgehead atoms. The molecule has 192 valence electrons. The number of nitrogens with zero attached hydrogens (tertiary/aromatic N) is 6. The van der Waals surface area contributed by atoms with Crippen LogP contribution in [0.25, 0.3) is 49.7 Å². The molecule has 0 spiro atoms. The van der Waals surface area contributed by atoms with Gasteiger partial charge < -0.3 is 4.57 Å². The largest absolute Gasteiger partial charge is 0.308 e. The predicted octanol–water partition coefficient (Wildman–Crippen LogP) is 5.88. The second-order valence-electron chi connectivity index (χ2n) is 9.73. The lowest BCUT2D eigenvalue weighted by molar-refractivity contribution is 0.0693. The predicted molar refractivity (Wildman–Crippen MR) is 153 cm³/mol. The second kappa shape index (κ2) is 8.98. The normalized spacial score (nSPS) is 12.5. The molecule has 0 saturated heterocycles. The summed E-state index contributed by atoms with van der Waals surface area (Å²) >= 11 is 0. The van der Waals surface area contributed by atoms with Crippen molar-refractivity contribution < 1.29 is 9.59 Å². The Labute approximate surface area is 234 Å². The molecule has 1 aliphatic heterocycles. The topological polar surface area (TPSA) is 116 Å². The summed E-state index contributed by atoms with van der Waals surface area (Å²) in [7, 11) is 1.49. The van der Waals surface area contributed by atoms with Gasteiger partial charge in [-0.25, -0.2) is 0 Å². The quantitative estimate of drug-likeness (QED) is 0.264. The maximum absolute atomic E-state index is 13.2. The number of carbonyl (C=O) groups excluding carboxylic acids is 2. The van der Waals surface area contributed by atoms with Crippen LogP contribution in [0.4, 0.5) is 0 Å². The first kappa shape index (κ1) is 24.0. The van der Waals surface area contributed by atoms with Crippen LogP contribution in [0.2, 0.25) is 0 Å². The first-order valence-electron chi connectivity index (χ1n) is 12.7. The van der Waals surface area contributed by atoms with Crippen LogP contribution in [0.15, 0.2) is 91.5 Å². The van der Waals surface area contributed by atoms with E-state index in [2.05, 4.69) is 22.1 Å². The molecule has 6 aromatic rings. The van der Waals surface area contributed by atoms with Crippen molar-refractivity contribution in [3.05, 3.63) is 114 Å². The smallest absolute Gasteiger partial charge is 0.263 e. The lowest BCUT2D eigenvalue weighted by Gasteiger charge is -2.12. The molecule has 8 nitrogen and oxygen atoms in total. The number of hydrogen-bond donors (Lipinski definition) is 0. The zero-order valence-electron chi connectivity index (χ0n) is 21.7. The third-order valence-corrected chi connectivity index (χ3v) is 7.61. The van der Waals surface area contributed by atoms with Gasteiger partial charge in [0.1, 0.15) is 0 Å². The average Bonchev–Trinajstić information content (AvgIpc) is 3.46. The number of carbonyl (C=O) groups is 2. The molecule has 0 aliphatic carbocycles. The standard InChI is InChI=1S/C33H18N6O2/c1-38-32(40)23-3-2-4-30(31(23)33(38)41)39-28-7-5-19(26-17-36-11-9-21(26)15-34)13-24(28)25-14-20(6-8-29(25)39)27-18-37-12-10-22(27)16-35/h2-14,17-18H,1H3. The van der Waals surface area contributed by atoms with E-state index in [1.54, 1.807) is 49.1 Å². The summed E-state index contributed by atoms with van der Waals surface area (Å²) in [5, 5.41) is 21.2. The van der Waals surface area contributed by atoms with E-state index in [0.717, 1.165) is 37.8 Å². The van der Waals surface area contributed by atoms with E-state index >= 15 is 0 Å². The molecule has 0 atom stereocenters. The van der Waals surface area contributed by atoms with Gasteiger partial charge in [-0.05, 0) is 59.7 Å². The zero-order chi connectivity index (χ0) is 28.2. The molecule has 2 amide bonds. The van der Waals surface area contributed by atoms with E-state index in [0.29, 0.717) is 39.1 Å². The number of imide groups is 1. The van der Waals surface area contributed by atoms with Crippen LogP contribution in [0, 0.1) is 22.7 Å². The molecule has 3 aromatic carbocycles. The van der Waals surface area contributed by atoms with E-state index in [9.17, 15) is 20.1 Å². The minimum absolute atomic E-state index is 0.335. The summed E-state index contributed by atoms with van der Waals surface area (Å²) < 4.78 is 1.99. The molecule has 41 heavy (non-hydrogen) atoms. The molecule has 8 heteroatoms. The molecule has 3 aromatic heterocycles. The van der Waals surface area contributed by atoms with Gasteiger partial charge in [-0.3, -0.25) is 24.5 Å². The van der Waals surface area contributed by atoms with Crippen molar-refractivity contribution in [2.45, 2.75) is 0 Å². The highest BCUT2D eigenvalue weighted by Crippen LogP contribution is 2.39. The molecule has 0 saturated carbocycles. The summed E-state index contributed by atoms with van der Waals surface area (Å²) in [6, 6.07) is 24.9. The lowest BCUT2D eigenvalue weighted by Crippen LogP contribution is -2.24. The molecule has 0 N–H and O–H groups in total. The Kier molecular flexibility index (Phi) is 5.24. The molecule has 0 unspecified atom stereocenters. The Morgan fingerprint density at radius 1 is 0.683 bits per heavy atom. The van der Waals surface area contributed by atoms with Crippen molar-refractivity contribution in [2.24, 2.45) is 0 Å². The molecular weight excluding hydrogens is 512 g/mol. The van der Waals surface area contributed by atoms with Crippen LogP contribution in [0.3, 0.4) is 0 Å². The van der Waals surface area contributed by atoms with Gasteiger partial charge in [0.05, 0.1) is 51.1 Å². The Morgan fingerprint density at radius 3 is 1.78 bits per heavy atom. The van der Waals surface area contributed by atoms with Crippen LogP contribution < -0.4 is 0 Å². The fourth-order valence-electron chi connectivity index (χ4n) is 5.63. The minimum Gasteiger partial charge on any atom is -0.308 e. The third kappa shape index (κ3) is 3.45. The van der Waals surface area contributed by atoms with Crippen molar-refractivity contribution in [3.8, 4) is 40.1 Å². The summed E-state index contributed by atoms with van der Waals surface area (Å²) in [6.45, 7) is 0. The van der Waals surface area contributed by atoms with Gasteiger partial charge in [0.25, 0.3) is 11.8 Å². The maximum Gasteiger partial charge on any atom is 0.263 e. The number of rotatable bonds is 3. The highest BCUT2D eigenvalue weighted by Gasteiger charge is 2.35. The first-order chi connectivity index (χ1) is 20.0. The number of amides is 2. The van der Waals surface area contributed by atoms with Crippen molar-refractivity contribution >= 4 is 33.6 Å². The van der Waals surface area contributed by atoms with Crippen molar-refractivity contribution in [3.63, 3.8) is 0 Å². The summed E-state index contributed by atoms with van der Waals surface area (Å²) in [5.41, 5.74) is 7.00. The van der Waals surface area contributed by atoms with Gasteiger partial charge in [0.15, 0.2) is 0 Å². The van der Waals surface area contributed by atoms with E-state index in [4.69, 9.17) is 0 Å². The van der Waals surface area contributed by atoms with E-state index in [1.165, 1.54) is 7.05 Å². The van der Waals surface area contributed by atoms with Gasteiger partial charge in [-0.15, -0.1) is 0 Å². The van der Waals surface area contributed by atoms with Crippen LogP contribution in [0.5, 0.6) is 0 Å². The molecule has 0 radical (unpaired) electrons. The molecule has 1 aliphatic rings. The highest BCUT2D eigenvalue weighted by atomic mass is 16.2. The van der Waals surface area contributed by atoms with Crippen LogP contribution >= 0.6 is 0 Å². The van der Waals surface area contributed by atoms with E-state index in [-0.39, 0.29) is 11.8 Å². The number of nitriles is 2.